The molecule has 0 spiro atoms. The lowest BCUT2D eigenvalue weighted by Gasteiger charge is -2.20. The molecule has 0 saturated carbocycles. The van der Waals surface area contributed by atoms with Crippen molar-refractivity contribution in [1.82, 2.24) is 10.6 Å². The highest BCUT2D eigenvalue weighted by molar-refractivity contribution is 8.14. The van der Waals surface area contributed by atoms with Crippen molar-refractivity contribution in [3.63, 3.8) is 0 Å². The Morgan fingerprint density at radius 1 is 0.673 bits per heavy atom. The minimum atomic E-state index is -0.505. The molecular formula is C39H36N12O2S2. The summed E-state index contributed by atoms with van der Waals surface area (Å²) in [6.45, 7) is 3.95. The van der Waals surface area contributed by atoms with E-state index in [1.54, 1.807) is 36.4 Å². The van der Waals surface area contributed by atoms with Crippen molar-refractivity contribution in [2.45, 2.75) is 32.6 Å². The van der Waals surface area contributed by atoms with Crippen LogP contribution in [0.1, 0.15) is 56.8 Å². The van der Waals surface area contributed by atoms with Gasteiger partial charge in [0.1, 0.15) is 0 Å². The average Bonchev–Trinajstić information content (AvgIpc) is 3.17. The Kier molecular flexibility index (Phi) is 12.1. The molecule has 0 bridgehead atoms. The van der Waals surface area contributed by atoms with E-state index in [4.69, 9.17) is 11.5 Å². The van der Waals surface area contributed by atoms with Crippen LogP contribution in [0.2, 0.25) is 0 Å². The molecule has 6 rings (SSSR count). The number of nitrogens with one attached hydrogen (secondary N) is 4. The molecule has 4 aromatic carbocycles. The number of hydrogen-bond donors (Lipinski definition) is 6. The summed E-state index contributed by atoms with van der Waals surface area (Å²) in [4.78, 5) is 43.7. The number of carbonyl (C=O) groups excluding carboxylic acids is 2. The van der Waals surface area contributed by atoms with Gasteiger partial charge >= 0.3 is 0 Å². The summed E-state index contributed by atoms with van der Waals surface area (Å²) >= 11 is 2.38. The molecule has 2 aliphatic heterocycles. The van der Waals surface area contributed by atoms with E-state index in [0.29, 0.717) is 44.0 Å². The molecule has 2 heterocycles. The Morgan fingerprint density at radius 3 is 1.49 bits per heavy atom. The monoisotopic (exact) mass is 768 g/mol. The second-order valence-corrected chi connectivity index (χ2v) is 14.4. The molecule has 0 saturated heterocycles. The third-order valence-electron chi connectivity index (χ3n) is 8.49. The number of amides is 2. The van der Waals surface area contributed by atoms with E-state index in [1.807, 2.05) is 62.4 Å². The number of thioether (sulfide) groups is 2. The molecule has 2 aliphatic rings. The van der Waals surface area contributed by atoms with Crippen LogP contribution >= 0.6 is 23.5 Å². The van der Waals surface area contributed by atoms with Crippen LogP contribution in [0.25, 0.3) is 0 Å². The van der Waals surface area contributed by atoms with Crippen LogP contribution < -0.4 is 32.7 Å². The van der Waals surface area contributed by atoms with Gasteiger partial charge in [-0.3, -0.25) is 9.59 Å². The van der Waals surface area contributed by atoms with Gasteiger partial charge in [0.15, 0.2) is 34.6 Å². The number of benzene rings is 4. The predicted molar refractivity (Wildman–Crippen MR) is 220 cm³/mol. The standard InChI is InChI=1S/C39H36N12O2S2/c1-22-7-3-5-9-30(22)34-46-36(42)50-38(48-34)54-20-32(52)44-28-13-11-24(26(16-28)18-40)15-25-12-14-29(17-27(25)19-41)45-33(53)21-55-39-49-35(47-37(43)51-39)31-10-6-4-8-23(31)2/h3-14,16-17,34-35H,15,20-21H2,1-2H3,(H,44,52)(H,45,53)(H3,42,46,48,50)(H3,43,47,49,51)/t34-,35-/m1/s1. The van der Waals surface area contributed by atoms with Crippen LogP contribution in [0.4, 0.5) is 11.4 Å². The van der Waals surface area contributed by atoms with Crippen LogP contribution in [0.15, 0.2) is 105 Å². The fourth-order valence-electron chi connectivity index (χ4n) is 5.76. The molecule has 4 aromatic rings. The van der Waals surface area contributed by atoms with Gasteiger partial charge in [-0.2, -0.15) is 10.5 Å². The minimum absolute atomic E-state index is 0.0416. The van der Waals surface area contributed by atoms with E-state index in [-0.39, 0.29) is 41.7 Å². The SMILES string of the molecule is Cc1ccccc1[C@@H]1N=C(N)NC(SCC(=O)Nc2ccc(Cc3ccc(NC(=O)CSC4=N[C@H](c5ccccc5C)N=C(N)N4)cc3C#N)c(C#N)c2)=N1. The van der Waals surface area contributed by atoms with E-state index < -0.39 is 12.3 Å². The smallest absolute Gasteiger partial charge is 0.234 e. The first-order valence-corrected chi connectivity index (χ1v) is 18.9. The summed E-state index contributed by atoms with van der Waals surface area (Å²) in [5, 5.41) is 32.3. The first-order chi connectivity index (χ1) is 26.6. The highest BCUT2D eigenvalue weighted by Crippen LogP contribution is 2.28. The molecule has 276 valence electrons. The molecule has 16 heteroatoms. The van der Waals surface area contributed by atoms with Crippen LogP contribution in [0.3, 0.4) is 0 Å². The van der Waals surface area contributed by atoms with Gasteiger partial charge in [-0.05, 0) is 60.4 Å². The third-order valence-corrected chi connectivity index (χ3v) is 10.3. The zero-order valence-electron chi connectivity index (χ0n) is 29.8. The molecule has 0 unspecified atom stereocenters. The number of aryl methyl sites for hydroxylation is 2. The number of nitrogens with two attached hydrogens (primary N) is 2. The first kappa shape index (κ1) is 38.1. The Hall–Kier alpha value is -6.62. The second kappa shape index (κ2) is 17.5. The van der Waals surface area contributed by atoms with E-state index in [9.17, 15) is 20.1 Å². The zero-order chi connectivity index (χ0) is 38.9. The van der Waals surface area contributed by atoms with E-state index in [0.717, 1.165) is 22.3 Å². The molecule has 8 N–H and O–H groups in total. The first-order valence-electron chi connectivity index (χ1n) is 17.0. The number of hydrogen-bond acceptors (Lipinski definition) is 14. The Labute approximate surface area is 326 Å². The maximum atomic E-state index is 12.9. The summed E-state index contributed by atoms with van der Waals surface area (Å²) in [5.41, 5.74) is 18.9. The Bertz CT molecular complexity index is 2200. The van der Waals surface area contributed by atoms with Gasteiger partial charge in [0.2, 0.25) is 11.8 Å². The second-order valence-electron chi connectivity index (χ2n) is 12.4. The topological polar surface area (TPSA) is 231 Å². The predicted octanol–water partition coefficient (Wildman–Crippen LogP) is 4.93. The Morgan fingerprint density at radius 2 is 1.09 bits per heavy atom. The number of rotatable bonds is 10. The van der Waals surface area contributed by atoms with Gasteiger partial charge < -0.3 is 32.7 Å². The van der Waals surface area contributed by atoms with Crippen LogP contribution in [0, 0.1) is 36.5 Å². The lowest BCUT2D eigenvalue weighted by atomic mass is 9.96. The van der Waals surface area contributed by atoms with Crippen molar-refractivity contribution < 1.29 is 9.59 Å². The highest BCUT2D eigenvalue weighted by atomic mass is 32.2. The number of guanidine groups is 2. The van der Waals surface area contributed by atoms with Crippen molar-refractivity contribution >= 4 is 69.0 Å². The van der Waals surface area contributed by atoms with Crippen LogP contribution in [-0.2, 0) is 16.0 Å². The van der Waals surface area contributed by atoms with Gasteiger partial charge in [0.25, 0.3) is 0 Å². The maximum Gasteiger partial charge on any atom is 0.234 e. The van der Waals surface area contributed by atoms with Gasteiger partial charge in [-0.1, -0.05) is 84.2 Å². The molecule has 0 radical (unpaired) electrons. The number of aliphatic imine (C=N–C) groups is 4. The summed E-state index contributed by atoms with van der Waals surface area (Å²) in [5.74, 6) is -0.0799. The van der Waals surface area contributed by atoms with Gasteiger partial charge in [-0.25, -0.2) is 20.0 Å². The largest absolute Gasteiger partial charge is 0.370 e. The molecule has 0 aliphatic carbocycles. The zero-order valence-corrected chi connectivity index (χ0v) is 31.5. The number of anilines is 2. The fourth-order valence-corrected chi connectivity index (χ4v) is 7.14. The molecule has 2 atom stereocenters. The van der Waals surface area contributed by atoms with E-state index in [1.165, 1.54) is 23.5 Å². The molecule has 55 heavy (non-hydrogen) atoms. The van der Waals surface area contributed by atoms with E-state index in [2.05, 4.69) is 53.4 Å². The van der Waals surface area contributed by atoms with Crippen molar-refractivity contribution in [3.05, 3.63) is 129 Å². The number of nitriles is 2. The highest BCUT2D eigenvalue weighted by Gasteiger charge is 2.21. The van der Waals surface area contributed by atoms with E-state index >= 15 is 0 Å². The van der Waals surface area contributed by atoms with Gasteiger partial charge in [0.05, 0.1) is 34.8 Å². The molecule has 2 amide bonds. The lowest BCUT2D eigenvalue weighted by Crippen LogP contribution is -2.39. The molecule has 14 nitrogen and oxygen atoms in total. The number of amidine groups is 2. The van der Waals surface area contributed by atoms with Crippen LogP contribution in [0.5, 0.6) is 0 Å². The summed E-state index contributed by atoms with van der Waals surface area (Å²) in [7, 11) is 0. The van der Waals surface area contributed by atoms with Crippen molar-refractivity contribution in [3.8, 4) is 12.1 Å². The van der Waals surface area contributed by atoms with Gasteiger partial charge in [0, 0.05) is 28.9 Å². The van der Waals surface area contributed by atoms with Crippen molar-refractivity contribution in [1.29, 1.82) is 10.5 Å². The summed E-state index contributed by atoms with van der Waals surface area (Å²) in [6.07, 6.45) is -0.725. The third kappa shape index (κ3) is 9.88. The molecule has 0 fully saturated rings. The molecular weight excluding hydrogens is 733 g/mol. The average molecular weight is 769 g/mol. The normalized spacial score (nSPS) is 16.1. The molecule has 0 aromatic heterocycles. The van der Waals surface area contributed by atoms with Crippen LogP contribution in [-0.4, -0.2) is 45.6 Å². The number of nitrogens with zero attached hydrogens (tertiary/aromatic N) is 6. The summed E-state index contributed by atoms with van der Waals surface area (Å²) in [6, 6.07) is 30.0. The minimum Gasteiger partial charge on any atom is -0.370 e. The maximum absolute atomic E-state index is 12.9. The quantitative estimate of drug-likeness (QED) is 0.127. The summed E-state index contributed by atoms with van der Waals surface area (Å²) < 4.78 is 0. The lowest BCUT2D eigenvalue weighted by molar-refractivity contribution is -0.114. The van der Waals surface area contributed by atoms with Crippen molar-refractivity contribution in [2.24, 2.45) is 31.4 Å². The fraction of sp³-hybridized carbons (Fsp3) is 0.179. The number of carbonyl (C=O) groups is 2. The Balaban J connectivity index is 1.03. The van der Waals surface area contributed by atoms with Crippen molar-refractivity contribution in [2.75, 3.05) is 22.1 Å². The van der Waals surface area contributed by atoms with Gasteiger partial charge in [-0.15, -0.1) is 0 Å².